The third-order valence-corrected chi connectivity index (χ3v) is 5.37. The maximum absolute atomic E-state index is 12.8. The lowest BCUT2D eigenvalue weighted by Gasteiger charge is -2.20. The summed E-state index contributed by atoms with van der Waals surface area (Å²) >= 11 is 1.55. The van der Waals surface area contributed by atoms with Gasteiger partial charge in [-0.1, -0.05) is 47.7 Å². The number of rotatable bonds is 9. The van der Waals surface area contributed by atoms with E-state index in [2.05, 4.69) is 20.9 Å². The van der Waals surface area contributed by atoms with Crippen LogP contribution in [0, 0.1) is 0 Å². The van der Waals surface area contributed by atoms with Crippen molar-refractivity contribution in [2.24, 2.45) is 0 Å². The summed E-state index contributed by atoms with van der Waals surface area (Å²) in [5, 5.41) is 13.1. The van der Waals surface area contributed by atoms with Gasteiger partial charge in [-0.05, 0) is 43.0 Å². The van der Waals surface area contributed by atoms with E-state index in [0.29, 0.717) is 23.2 Å². The number of aromatic nitrogens is 3. The normalized spacial score (nSPS) is 12.7. The third kappa shape index (κ3) is 6.07. The molecule has 0 aliphatic carbocycles. The Morgan fingerprint density at radius 2 is 1.78 bits per heavy atom. The van der Waals surface area contributed by atoms with E-state index in [9.17, 15) is 14.4 Å². The van der Waals surface area contributed by atoms with E-state index in [1.807, 2.05) is 36.6 Å². The minimum Gasteiger partial charge on any atom is -0.445 e. The molecule has 32 heavy (non-hydrogen) atoms. The molecule has 0 spiro atoms. The zero-order valence-electron chi connectivity index (χ0n) is 17.9. The number of alkyl carbamates (subject to hydrolysis) is 1. The molecule has 168 valence electrons. The fraction of sp³-hybridized carbons (Fsp3) is 0.318. The lowest BCUT2D eigenvalue weighted by Crippen LogP contribution is -2.51. The van der Waals surface area contributed by atoms with E-state index in [4.69, 9.17) is 4.74 Å². The van der Waals surface area contributed by atoms with Crippen LogP contribution in [-0.4, -0.2) is 57.0 Å². The molecule has 0 saturated heterocycles. The summed E-state index contributed by atoms with van der Waals surface area (Å²) in [5.74, 6) is -0.254. The van der Waals surface area contributed by atoms with Gasteiger partial charge in [-0.25, -0.2) is 4.79 Å². The lowest BCUT2D eigenvalue weighted by molar-refractivity contribution is -0.123. The smallest absolute Gasteiger partial charge is 0.408 e. The largest absolute Gasteiger partial charge is 0.445 e. The van der Waals surface area contributed by atoms with Gasteiger partial charge < -0.3 is 15.4 Å². The van der Waals surface area contributed by atoms with Gasteiger partial charge in [0.15, 0.2) is 0 Å². The Balaban J connectivity index is 1.60. The highest BCUT2D eigenvalue weighted by molar-refractivity contribution is 7.98. The number of amides is 2. The number of para-hydroxylation sites is 1. The number of nitrogens with zero attached hydrogens (tertiary/aromatic N) is 3. The van der Waals surface area contributed by atoms with Crippen LogP contribution in [0.25, 0.3) is 11.0 Å². The van der Waals surface area contributed by atoms with Crippen molar-refractivity contribution in [2.75, 3.05) is 12.0 Å². The van der Waals surface area contributed by atoms with Gasteiger partial charge in [0.25, 0.3) is 5.91 Å². The second kappa shape index (κ2) is 11.3. The van der Waals surface area contributed by atoms with Gasteiger partial charge >= 0.3 is 6.09 Å². The van der Waals surface area contributed by atoms with E-state index in [0.717, 1.165) is 5.56 Å². The van der Waals surface area contributed by atoms with Crippen LogP contribution in [0.2, 0.25) is 0 Å². The Bertz CT molecular complexity index is 1070. The monoisotopic (exact) mass is 455 g/mol. The quantitative estimate of drug-likeness (QED) is 0.510. The van der Waals surface area contributed by atoms with Crippen molar-refractivity contribution in [3.63, 3.8) is 0 Å². The van der Waals surface area contributed by atoms with Crippen LogP contribution in [-0.2, 0) is 16.1 Å². The number of hydrogen-bond acceptors (Lipinski definition) is 7. The summed E-state index contributed by atoms with van der Waals surface area (Å²) in [6.07, 6.45) is 1.60. The molecule has 0 aliphatic rings. The molecule has 0 aliphatic heterocycles. The van der Waals surface area contributed by atoms with Gasteiger partial charge in [0.05, 0.1) is 5.52 Å². The number of carbonyl (C=O) groups excluding carboxylic acids is 3. The summed E-state index contributed by atoms with van der Waals surface area (Å²) in [5.41, 5.74) is 1.98. The second-order valence-electron chi connectivity index (χ2n) is 7.10. The highest BCUT2D eigenvalue weighted by atomic mass is 32.2. The van der Waals surface area contributed by atoms with Gasteiger partial charge in [-0.15, -0.1) is 5.10 Å². The number of nitrogens with one attached hydrogen (secondary N) is 2. The van der Waals surface area contributed by atoms with E-state index < -0.39 is 30.0 Å². The Kier molecular flexibility index (Phi) is 8.20. The van der Waals surface area contributed by atoms with Crippen LogP contribution in [0.1, 0.15) is 23.7 Å². The molecule has 2 aromatic carbocycles. The summed E-state index contributed by atoms with van der Waals surface area (Å²) in [6.45, 7) is 1.66. The van der Waals surface area contributed by atoms with E-state index >= 15 is 0 Å². The van der Waals surface area contributed by atoms with E-state index in [1.54, 1.807) is 43.0 Å². The highest BCUT2D eigenvalue weighted by Crippen LogP contribution is 2.10. The first kappa shape index (κ1) is 23.3. The average molecular weight is 456 g/mol. The molecule has 0 radical (unpaired) electrons. The fourth-order valence-electron chi connectivity index (χ4n) is 3.00. The molecule has 0 saturated carbocycles. The molecule has 3 rings (SSSR count). The molecule has 1 aromatic heterocycles. The Hall–Kier alpha value is -3.40. The first-order chi connectivity index (χ1) is 15.5. The summed E-state index contributed by atoms with van der Waals surface area (Å²) < 4.78 is 6.39. The third-order valence-electron chi connectivity index (χ3n) is 4.72. The van der Waals surface area contributed by atoms with Gasteiger partial charge in [0.1, 0.15) is 24.2 Å². The van der Waals surface area contributed by atoms with E-state index in [-0.39, 0.29) is 6.61 Å². The van der Waals surface area contributed by atoms with Gasteiger partial charge in [0.2, 0.25) is 5.91 Å². The Labute approximate surface area is 189 Å². The predicted molar refractivity (Wildman–Crippen MR) is 122 cm³/mol. The molecule has 0 bridgehead atoms. The zero-order chi connectivity index (χ0) is 22.9. The van der Waals surface area contributed by atoms with Crippen molar-refractivity contribution in [1.82, 2.24) is 25.6 Å². The highest BCUT2D eigenvalue weighted by Gasteiger charge is 2.26. The SMILES string of the molecule is CSCC[C@H](NC(=O)OCc1ccccc1)C(=O)N[C@@H](C)C(=O)n1nnc2ccccc21. The van der Waals surface area contributed by atoms with Crippen LogP contribution in [0.4, 0.5) is 4.79 Å². The number of hydrogen-bond donors (Lipinski definition) is 2. The maximum atomic E-state index is 12.8. The predicted octanol–water partition coefficient (Wildman–Crippen LogP) is 2.62. The minimum atomic E-state index is -0.869. The molecule has 3 aromatic rings. The number of ether oxygens (including phenoxy) is 1. The molecule has 2 N–H and O–H groups in total. The topological polar surface area (TPSA) is 115 Å². The molecular weight excluding hydrogens is 430 g/mol. The van der Waals surface area contributed by atoms with Crippen LogP contribution >= 0.6 is 11.8 Å². The van der Waals surface area contributed by atoms with Crippen molar-refractivity contribution in [3.8, 4) is 0 Å². The number of carbonyl (C=O) groups is 3. The van der Waals surface area contributed by atoms with Crippen LogP contribution in [0.5, 0.6) is 0 Å². The van der Waals surface area contributed by atoms with Crippen molar-refractivity contribution >= 4 is 40.7 Å². The van der Waals surface area contributed by atoms with Crippen molar-refractivity contribution in [3.05, 3.63) is 60.2 Å². The zero-order valence-corrected chi connectivity index (χ0v) is 18.7. The van der Waals surface area contributed by atoms with Gasteiger partial charge in [-0.3, -0.25) is 9.59 Å². The summed E-state index contributed by atoms with van der Waals surface area (Å²) in [7, 11) is 0. The Morgan fingerprint density at radius 1 is 1.06 bits per heavy atom. The minimum absolute atomic E-state index is 0.0950. The molecule has 0 unspecified atom stereocenters. The summed E-state index contributed by atoms with van der Waals surface area (Å²) in [6, 6.07) is 14.6. The maximum Gasteiger partial charge on any atom is 0.408 e. The fourth-order valence-corrected chi connectivity index (χ4v) is 3.47. The standard InChI is InChI=1S/C22H25N5O4S/c1-15(21(29)27-19-11-7-6-10-17(19)25-26-27)23-20(28)18(12-13-32-2)24-22(30)31-14-16-8-4-3-5-9-16/h3-11,15,18H,12-14H2,1-2H3,(H,23,28)(H,24,30)/t15-,18-/m0/s1. The van der Waals surface area contributed by atoms with Gasteiger partial charge in [-0.2, -0.15) is 16.4 Å². The van der Waals surface area contributed by atoms with Gasteiger partial charge in [0, 0.05) is 0 Å². The van der Waals surface area contributed by atoms with Crippen LogP contribution < -0.4 is 10.6 Å². The van der Waals surface area contributed by atoms with Crippen molar-refractivity contribution < 1.29 is 19.1 Å². The van der Waals surface area contributed by atoms with Crippen molar-refractivity contribution in [2.45, 2.75) is 32.0 Å². The molecule has 10 heteroatoms. The Morgan fingerprint density at radius 3 is 2.53 bits per heavy atom. The lowest BCUT2D eigenvalue weighted by atomic mass is 10.2. The molecule has 2 atom stereocenters. The first-order valence-corrected chi connectivity index (χ1v) is 11.5. The second-order valence-corrected chi connectivity index (χ2v) is 8.08. The number of benzene rings is 2. The number of fused-ring (bicyclic) bond motifs is 1. The molecule has 2 amide bonds. The van der Waals surface area contributed by atoms with Crippen molar-refractivity contribution in [1.29, 1.82) is 0 Å². The van der Waals surface area contributed by atoms with E-state index in [1.165, 1.54) is 4.68 Å². The average Bonchev–Trinajstić information content (AvgIpc) is 3.24. The van der Waals surface area contributed by atoms with Crippen LogP contribution in [0.15, 0.2) is 54.6 Å². The molecule has 1 heterocycles. The number of thioether (sulfide) groups is 1. The molecular formula is C22H25N5O4S. The molecule has 0 fully saturated rings. The molecule has 9 nitrogen and oxygen atoms in total. The summed E-state index contributed by atoms with van der Waals surface area (Å²) in [4.78, 5) is 37.9. The van der Waals surface area contributed by atoms with Crippen LogP contribution in [0.3, 0.4) is 0 Å². The first-order valence-electron chi connectivity index (χ1n) is 10.1.